The monoisotopic (exact) mass is 340 g/mol. The number of hydrogen-bond acceptors (Lipinski definition) is 5. The average molecular weight is 340 g/mol. The Balaban J connectivity index is 1.44. The summed E-state index contributed by atoms with van der Waals surface area (Å²) in [5.74, 6) is -0.205. The van der Waals surface area contributed by atoms with E-state index in [2.05, 4.69) is 39.3 Å². The largest absolute Gasteiger partial charge is 0.390 e. The Morgan fingerprint density at radius 3 is 3.04 bits per heavy atom. The maximum atomic E-state index is 12.4. The van der Waals surface area contributed by atoms with Crippen LogP contribution in [0.4, 0.5) is 0 Å². The number of amides is 1. The fraction of sp³-hybridized carbons (Fsp3) is 0.333. The van der Waals surface area contributed by atoms with Crippen LogP contribution in [0.3, 0.4) is 0 Å². The Kier molecular flexibility index (Phi) is 4.25. The third-order valence-electron chi connectivity index (χ3n) is 4.55. The van der Waals surface area contributed by atoms with Gasteiger partial charge in [0, 0.05) is 50.5 Å². The maximum Gasteiger partial charge on any atom is 0.276 e. The molecular formula is C18H20N4O3. The molecule has 0 saturated carbocycles. The smallest absolute Gasteiger partial charge is 0.276 e. The molecule has 3 aromatic rings. The summed E-state index contributed by atoms with van der Waals surface area (Å²) in [6, 6.07) is 9.91. The van der Waals surface area contributed by atoms with Crippen molar-refractivity contribution in [2.45, 2.75) is 12.6 Å². The third-order valence-corrected chi connectivity index (χ3v) is 4.55. The van der Waals surface area contributed by atoms with Crippen LogP contribution in [0.2, 0.25) is 0 Å². The van der Waals surface area contributed by atoms with Gasteiger partial charge in [-0.3, -0.25) is 9.69 Å². The molecule has 130 valence electrons. The van der Waals surface area contributed by atoms with E-state index in [4.69, 9.17) is 4.52 Å². The Morgan fingerprint density at radius 1 is 1.28 bits per heavy atom. The Bertz CT molecular complexity index is 858. The molecule has 0 bridgehead atoms. The summed E-state index contributed by atoms with van der Waals surface area (Å²) in [4.78, 5) is 19.4. The molecule has 0 spiro atoms. The summed E-state index contributed by atoms with van der Waals surface area (Å²) < 4.78 is 4.74. The van der Waals surface area contributed by atoms with Crippen molar-refractivity contribution in [2.75, 3.05) is 26.2 Å². The van der Waals surface area contributed by atoms with E-state index in [1.165, 1.54) is 17.2 Å². The fourth-order valence-electron chi connectivity index (χ4n) is 3.33. The van der Waals surface area contributed by atoms with E-state index >= 15 is 0 Å². The number of fused-ring (bicyclic) bond motifs is 1. The Labute approximate surface area is 144 Å². The van der Waals surface area contributed by atoms with Crippen LogP contribution in [0, 0.1) is 0 Å². The predicted octanol–water partition coefficient (Wildman–Crippen LogP) is 1.47. The minimum atomic E-state index is -0.589. The molecule has 0 aliphatic carbocycles. The Morgan fingerprint density at radius 2 is 2.20 bits per heavy atom. The molecule has 1 atom stereocenters. The topological polar surface area (TPSA) is 85.6 Å². The lowest BCUT2D eigenvalue weighted by Gasteiger charge is -2.21. The van der Waals surface area contributed by atoms with Gasteiger partial charge in [0.15, 0.2) is 5.69 Å². The van der Waals surface area contributed by atoms with Crippen LogP contribution >= 0.6 is 0 Å². The van der Waals surface area contributed by atoms with Crippen LogP contribution in [-0.4, -0.2) is 63.2 Å². The van der Waals surface area contributed by atoms with Gasteiger partial charge in [-0.1, -0.05) is 11.2 Å². The molecule has 1 aliphatic rings. The second kappa shape index (κ2) is 6.70. The van der Waals surface area contributed by atoms with Gasteiger partial charge in [0.25, 0.3) is 5.91 Å². The standard InChI is InChI=1S/C18H20N4O3/c23-15-11-21(10-13-1-2-16-14(9-13)3-5-19-16)6-7-22(12-15)18(24)17-4-8-25-20-17/h1-5,8-9,15,19,23H,6-7,10-12H2/t15-/m1/s1. The second-order valence-corrected chi connectivity index (χ2v) is 6.42. The van der Waals surface area contributed by atoms with Gasteiger partial charge < -0.3 is 19.5 Å². The second-order valence-electron chi connectivity index (χ2n) is 6.42. The van der Waals surface area contributed by atoms with Crippen molar-refractivity contribution >= 4 is 16.8 Å². The van der Waals surface area contributed by atoms with Gasteiger partial charge in [-0.15, -0.1) is 0 Å². The number of carbonyl (C=O) groups is 1. The summed E-state index contributed by atoms with van der Waals surface area (Å²) >= 11 is 0. The molecule has 1 fully saturated rings. The first-order chi connectivity index (χ1) is 12.2. The number of aromatic nitrogens is 2. The maximum absolute atomic E-state index is 12.4. The molecule has 0 unspecified atom stereocenters. The first-order valence-electron chi connectivity index (χ1n) is 8.35. The number of aliphatic hydroxyl groups excluding tert-OH is 1. The van der Waals surface area contributed by atoms with Crippen molar-refractivity contribution in [1.29, 1.82) is 0 Å². The van der Waals surface area contributed by atoms with Gasteiger partial charge >= 0.3 is 0 Å². The molecule has 1 amide bonds. The number of β-amino-alcohol motifs (C(OH)–C–C–N with tert-alkyl or cyclic N) is 1. The molecule has 3 heterocycles. The summed E-state index contributed by atoms with van der Waals surface area (Å²) in [5, 5.41) is 15.2. The van der Waals surface area contributed by atoms with E-state index in [1.54, 1.807) is 11.0 Å². The molecule has 0 radical (unpaired) electrons. The van der Waals surface area contributed by atoms with Gasteiger partial charge in [0.05, 0.1) is 6.10 Å². The third kappa shape index (κ3) is 3.42. The zero-order valence-corrected chi connectivity index (χ0v) is 13.8. The normalized spacial score (nSPS) is 19.2. The summed E-state index contributed by atoms with van der Waals surface area (Å²) in [5.41, 5.74) is 2.58. The number of aromatic amines is 1. The van der Waals surface area contributed by atoms with Crippen molar-refractivity contribution in [3.05, 3.63) is 54.0 Å². The minimum Gasteiger partial charge on any atom is -0.390 e. The molecule has 7 heteroatoms. The summed E-state index contributed by atoms with van der Waals surface area (Å²) in [6.07, 6.45) is 2.72. The SMILES string of the molecule is O=C(c1ccon1)N1CCN(Cc2ccc3[nH]ccc3c2)C[C@@H](O)C1. The van der Waals surface area contributed by atoms with Crippen molar-refractivity contribution in [3.8, 4) is 0 Å². The van der Waals surface area contributed by atoms with Crippen LogP contribution in [-0.2, 0) is 6.54 Å². The van der Waals surface area contributed by atoms with E-state index in [-0.39, 0.29) is 11.6 Å². The molecule has 1 aromatic carbocycles. The van der Waals surface area contributed by atoms with Gasteiger partial charge in [-0.2, -0.15) is 0 Å². The van der Waals surface area contributed by atoms with Crippen molar-refractivity contribution < 1.29 is 14.4 Å². The van der Waals surface area contributed by atoms with Gasteiger partial charge in [-0.05, 0) is 29.1 Å². The van der Waals surface area contributed by atoms with E-state index in [1.807, 2.05) is 6.20 Å². The number of H-pyrrole nitrogens is 1. The zero-order valence-electron chi connectivity index (χ0n) is 13.8. The number of nitrogens with zero attached hydrogens (tertiary/aromatic N) is 3. The van der Waals surface area contributed by atoms with Crippen LogP contribution < -0.4 is 0 Å². The van der Waals surface area contributed by atoms with Crippen LogP contribution in [0.1, 0.15) is 16.1 Å². The molecule has 4 rings (SSSR count). The molecule has 25 heavy (non-hydrogen) atoms. The molecule has 2 aromatic heterocycles. The summed E-state index contributed by atoms with van der Waals surface area (Å²) in [6.45, 7) is 2.83. The van der Waals surface area contributed by atoms with Crippen molar-refractivity contribution in [1.82, 2.24) is 19.9 Å². The predicted molar refractivity (Wildman–Crippen MR) is 92.0 cm³/mol. The molecule has 1 saturated heterocycles. The lowest BCUT2D eigenvalue weighted by Crippen LogP contribution is -2.37. The van der Waals surface area contributed by atoms with Crippen LogP contribution in [0.25, 0.3) is 10.9 Å². The van der Waals surface area contributed by atoms with E-state index in [0.29, 0.717) is 26.2 Å². The van der Waals surface area contributed by atoms with Crippen molar-refractivity contribution in [3.63, 3.8) is 0 Å². The van der Waals surface area contributed by atoms with Gasteiger partial charge in [0.2, 0.25) is 0 Å². The molecular weight excluding hydrogens is 320 g/mol. The molecule has 2 N–H and O–H groups in total. The van der Waals surface area contributed by atoms with E-state index < -0.39 is 6.10 Å². The highest BCUT2D eigenvalue weighted by Crippen LogP contribution is 2.17. The lowest BCUT2D eigenvalue weighted by atomic mass is 10.1. The van der Waals surface area contributed by atoms with Gasteiger partial charge in [-0.25, -0.2) is 0 Å². The first-order valence-corrected chi connectivity index (χ1v) is 8.35. The zero-order chi connectivity index (χ0) is 17.2. The number of carbonyl (C=O) groups excluding carboxylic acids is 1. The van der Waals surface area contributed by atoms with E-state index in [0.717, 1.165) is 12.1 Å². The minimum absolute atomic E-state index is 0.205. The quantitative estimate of drug-likeness (QED) is 0.754. The number of nitrogens with one attached hydrogen (secondary N) is 1. The van der Waals surface area contributed by atoms with Crippen molar-refractivity contribution in [2.24, 2.45) is 0 Å². The molecule has 1 aliphatic heterocycles. The number of rotatable bonds is 3. The van der Waals surface area contributed by atoms with E-state index in [9.17, 15) is 9.90 Å². The average Bonchev–Trinajstić information content (AvgIpc) is 3.25. The Hall–Kier alpha value is -2.64. The number of benzene rings is 1. The number of aliphatic hydroxyl groups is 1. The highest BCUT2D eigenvalue weighted by atomic mass is 16.5. The summed E-state index contributed by atoms with van der Waals surface area (Å²) in [7, 11) is 0. The highest BCUT2D eigenvalue weighted by molar-refractivity contribution is 5.92. The number of hydrogen-bond donors (Lipinski definition) is 2. The van der Waals surface area contributed by atoms with Crippen LogP contribution in [0.15, 0.2) is 47.3 Å². The first kappa shape index (κ1) is 15.9. The highest BCUT2D eigenvalue weighted by Gasteiger charge is 2.26. The van der Waals surface area contributed by atoms with Crippen LogP contribution in [0.5, 0.6) is 0 Å². The lowest BCUT2D eigenvalue weighted by molar-refractivity contribution is 0.0653. The molecule has 7 nitrogen and oxygen atoms in total. The van der Waals surface area contributed by atoms with Gasteiger partial charge in [0.1, 0.15) is 6.26 Å². The fourth-order valence-corrected chi connectivity index (χ4v) is 3.33.